The van der Waals surface area contributed by atoms with E-state index in [1.54, 1.807) is 12.1 Å². The first-order chi connectivity index (χ1) is 12.4. The standard InChI is InChI=1S/C19H19N3O3S/c1-13(23)20-14-6-8-15(9-7-14)26(24,25)22-11-10-19-17(12-22)16-4-2-3-5-18(16)21-19/h2-9,21H,10-12H2,1H3,(H,20,23). The van der Waals surface area contributed by atoms with Crippen molar-refractivity contribution in [1.82, 2.24) is 9.29 Å². The Balaban J connectivity index is 1.64. The van der Waals surface area contributed by atoms with Crippen LogP contribution < -0.4 is 5.32 Å². The molecule has 1 aliphatic heterocycles. The first-order valence-corrected chi connectivity index (χ1v) is 9.85. The zero-order valence-electron chi connectivity index (χ0n) is 14.3. The lowest BCUT2D eigenvalue weighted by Crippen LogP contribution is -2.35. The Kier molecular flexibility index (Phi) is 4.05. The molecule has 0 bridgehead atoms. The molecule has 2 heterocycles. The average molecular weight is 369 g/mol. The van der Waals surface area contributed by atoms with Crippen LogP contribution in [0.1, 0.15) is 18.2 Å². The number of amides is 1. The van der Waals surface area contributed by atoms with Gasteiger partial charge in [0.2, 0.25) is 15.9 Å². The highest BCUT2D eigenvalue weighted by Gasteiger charge is 2.30. The molecular weight excluding hydrogens is 350 g/mol. The molecular formula is C19H19N3O3S. The van der Waals surface area contributed by atoms with Crippen molar-refractivity contribution in [3.05, 3.63) is 59.8 Å². The fourth-order valence-electron chi connectivity index (χ4n) is 3.41. The summed E-state index contributed by atoms with van der Waals surface area (Å²) in [6, 6.07) is 14.2. The summed E-state index contributed by atoms with van der Waals surface area (Å²) in [5.74, 6) is -0.191. The predicted octanol–water partition coefficient (Wildman–Crippen LogP) is 2.87. The van der Waals surface area contributed by atoms with E-state index in [2.05, 4.69) is 10.3 Å². The number of aromatic nitrogens is 1. The van der Waals surface area contributed by atoms with E-state index in [1.165, 1.54) is 23.4 Å². The minimum absolute atomic E-state index is 0.191. The van der Waals surface area contributed by atoms with Gasteiger partial charge in [-0.3, -0.25) is 4.79 Å². The number of anilines is 1. The quantitative estimate of drug-likeness (QED) is 0.745. The molecule has 3 aromatic rings. The molecule has 1 aromatic heterocycles. The fraction of sp³-hybridized carbons (Fsp3) is 0.211. The van der Waals surface area contributed by atoms with Crippen LogP contribution in [0.25, 0.3) is 10.9 Å². The lowest BCUT2D eigenvalue weighted by molar-refractivity contribution is -0.114. The number of para-hydroxylation sites is 1. The summed E-state index contributed by atoms with van der Waals surface area (Å²) in [4.78, 5) is 14.7. The van der Waals surface area contributed by atoms with Gasteiger partial charge in [0, 0.05) is 48.7 Å². The number of hydrogen-bond donors (Lipinski definition) is 2. The zero-order chi connectivity index (χ0) is 18.3. The summed E-state index contributed by atoms with van der Waals surface area (Å²) in [5.41, 5.74) is 3.77. The van der Waals surface area contributed by atoms with Gasteiger partial charge in [0.25, 0.3) is 0 Å². The van der Waals surface area contributed by atoms with E-state index in [9.17, 15) is 13.2 Å². The number of sulfonamides is 1. The first kappa shape index (κ1) is 16.8. The lowest BCUT2D eigenvalue weighted by atomic mass is 10.1. The van der Waals surface area contributed by atoms with Crippen LogP contribution in [0, 0.1) is 0 Å². The smallest absolute Gasteiger partial charge is 0.243 e. The van der Waals surface area contributed by atoms with Crippen LogP contribution in [0.5, 0.6) is 0 Å². The van der Waals surface area contributed by atoms with E-state index < -0.39 is 10.0 Å². The Labute approximate surface area is 151 Å². The lowest BCUT2D eigenvalue weighted by Gasteiger charge is -2.26. The zero-order valence-corrected chi connectivity index (χ0v) is 15.1. The Bertz CT molecular complexity index is 1080. The highest BCUT2D eigenvalue weighted by atomic mass is 32.2. The van der Waals surface area contributed by atoms with E-state index in [0.717, 1.165) is 22.2 Å². The molecule has 26 heavy (non-hydrogen) atoms. The van der Waals surface area contributed by atoms with Crippen molar-refractivity contribution in [2.45, 2.75) is 24.8 Å². The molecule has 0 spiro atoms. The monoisotopic (exact) mass is 369 g/mol. The number of rotatable bonds is 3. The van der Waals surface area contributed by atoms with Crippen molar-refractivity contribution in [2.75, 3.05) is 11.9 Å². The van der Waals surface area contributed by atoms with Gasteiger partial charge in [0.05, 0.1) is 4.90 Å². The molecule has 0 unspecified atom stereocenters. The third kappa shape index (κ3) is 2.89. The summed E-state index contributed by atoms with van der Waals surface area (Å²) in [6.45, 7) is 2.21. The van der Waals surface area contributed by atoms with Gasteiger partial charge in [-0.2, -0.15) is 4.31 Å². The topological polar surface area (TPSA) is 82.3 Å². The van der Waals surface area contributed by atoms with Crippen molar-refractivity contribution >= 4 is 32.5 Å². The van der Waals surface area contributed by atoms with E-state index in [1.807, 2.05) is 24.3 Å². The van der Waals surface area contributed by atoms with Crippen LogP contribution in [0.4, 0.5) is 5.69 Å². The largest absolute Gasteiger partial charge is 0.358 e. The van der Waals surface area contributed by atoms with E-state index in [0.29, 0.717) is 25.2 Å². The maximum absolute atomic E-state index is 13.0. The number of carbonyl (C=O) groups is 1. The van der Waals surface area contributed by atoms with Crippen LogP contribution in [0.3, 0.4) is 0 Å². The third-order valence-electron chi connectivity index (χ3n) is 4.66. The normalized spacial score (nSPS) is 15.0. The van der Waals surface area contributed by atoms with Crippen molar-refractivity contribution in [3.8, 4) is 0 Å². The minimum Gasteiger partial charge on any atom is -0.358 e. The minimum atomic E-state index is -3.59. The SMILES string of the molecule is CC(=O)Nc1ccc(S(=O)(=O)N2CCc3[nH]c4ccccc4c3C2)cc1. The average Bonchev–Trinajstić information content (AvgIpc) is 2.99. The number of nitrogens with zero attached hydrogens (tertiary/aromatic N) is 1. The maximum atomic E-state index is 13.0. The molecule has 2 N–H and O–H groups in total. The molecule has 0 aliphatic carbocycles. The Morgan fingerprint density at radius 1 is 1.12 bits per heavy atom. The molecule has 0 radical (unpaired) electrons. The molecule has 0 atom stereocenters. The van der Waals surface area contributed by atoms with Gasteiger partial charge in [-0.25, -0.2) is 8.42 Å². The predicted molar refractivity (Wildman–Crippen MR) is 100 cm³/mol. The Morgan fingerprint density at radius 2 is 1.85 bits per heavy atom. The van der Waals surface area contributed by atoms with Gasteiger partial charge >= 0.3 is 0 Å². The van der Waals surface area contributed by atoms with Gasteiger partial charge in [-0.05, 0) is 35.9 Å². The van der Waals surface area contributed by atoms with Gasteiger partial charge in [0.15, 0.2) is 0 Å². The van der Waals surface area contributed by atoms with Crippen LogP contribution in [0.15, 0.2) is 53.4 Å². The van der Waals surface area contributed by atoms with Crippen LogP contribution >= 0.6 is 0 Å². The Morgan fingerprint density at radius 3 is 2.58 bits per heavy atom. The second kappa shape index (κ2) is 6.26. The Hall–Kier alpha value is -2.64. The van der Waals surface area contributed by atoms with Gasteiger partial charge in [0.1, 0.15) is 0 Å². The molecule has 7 heteroatoms. The molecule has 1 amide bonds. The highest BCUT2D eigenvalue weighted by molar-refractivity contribution is 7.89. The molecule has 1 aliphatic rings. The van der Waals surface area contributed by atoms with Gasteiger partial charge in [-0.15, -0.1) is 0 Å². The number of hydrogen-bond acceptors (Lipinski definition) is 3. The maximum Gasteiger partial charge on any atom is 0.243 e. The number of aromatic amines is 1. The molecule has 0 fully saturated rings. The number of carbonyl (C=O) groups excluding carboxylic acids is 1. The van der Waals surface area contributed by atoms with E-state index >= 15 is 0 Å². The number of fused-ring (bicyclic) bond motifs is 3. The summed E-state index contributed by atoms with van der Waals surface area (Å²) in [7, 11) is -3.59. The molecule has 4 rings (SSSR count). The van der Waals surface area contributed by atoms with E-state index in [4.69, 9.17) is 0 Å². The van der Waals surface area contributed by atoms with Crippen molar-refractivity contribution in [1.29, 1.82) is 0 Å². The first-order valence-electron chi connectivity index (χ1n) is 8.41. The van der Waals surface area contributed by atoms with E-state index in [-0.39, 0.29) is 10.8 Å². The van der Waals surface area contributed by atoms with Crippen LogP contribution in [0.2, 0.25) is 0 Å². The number of H-pyrrole nitrogens is 1. The second-order valence-electron chi connectivity index (χ2n) is 6.42. The second-order valence-corrected chi connectivity index (χ2v) is 8.36. The van der Waals surface area contributed by atoms with Crippen molar-refractivity contribution in [2.24, 2.45) is 0 Å². The number of nitrogens with one attached hydrogen (secondary N) is 2. The summed E-state index contributed by atoms with van der Waals surface area (Å²) >= 11 is 0. The molecule has 6 nitrogen and oxygen atoms in total. The van der Waals surface area contributed by atoms with Gasteiger partial charge in [-0.1, -0.05) is 18.2 Å². The van der Waals surface area contributed by atoms with Crippen molar-refractivity contribution in [3.63, 3.8) is 0 Å². The number of benzene rings is 2. The van der Waals surface area contributed by atoms with Crippen LogP contribution in [-0.4, -0.2) is 30.2 Å². The fourth-order valence-corrected chi connectivity index (χ4v) is 4.82. The molecule has 134 valence electrons. The molecule has 0 saturated heterocycles. The summed E-state index contributed by atoms with van der Waals surface area (Å²) < 4.78 is 27.6. The van der Waals surface area contributed by atoms with Crippen LogP contribution in [-0.2, 0) is 27.8 Å². The highest BCUT2D eigenvalue weighted by Crippen LogP contribution is 2.30. The van der Waals surface area contributed by atoms with Gasteiger partial charge < -0.3 is 10.3 Å². The summed E-state index contributed by atoms with van der Waals surface area (Å²) in [5, 5.41) is 3.71. The molecule has 2 aromatic carbocycles. The molecule has 0 saturated carbocycles. The van der Waals surface area contributed by atoms with Crippen molar-refractivity contribution < 1.29 is 13.2 Å². The summed E-state index contributed by atoms with van der Waals surface area (Å²) in [6.07, 6.45) is 0.660. The third-order valence-corrected chi connectivity index (χ3v) is 6.52.